The lowest BCUT2D eigenvalue weighted by atomic mass is 10.0. The second-order valence-electron chi connectivity index (χ2n) is 4.86. The Morgan fingerprint density at radius 3 is 2.86 bits per heavy atom. The van der Waals surface area contributed by atoms with Gasteiger partial charge >= 0.3 is 0 Å². The molecule has 0 saturated carbocycles. The molecule has 0 bridgehead atoms. The molecule has 1 fully saturated rings. The van der Waals surface area contributed by atoms with Gasteiger partial charge in [-0.25, -0.2) is 0 Å². The molecular weight excluding hydrogens is 360 g/mol. The lowest BCUT2D eigenvalue weighted by Gasteiger charge is -2.33. The van der Waals surface area contributed by atoms with E-state index >= 15 is 0 Å². The first kappa shape index (κ1) is 16.1. The van der Waals surface area contributed by atoms with Gasteiger partial charge in [0.1, 0.15) is 11.8 Å². The number of amides is 2. The second kappa shape index (κ2) is 7.13. The summed E-state index contributed by atoms with van der Waals surface area (Å²) in [4.78, 5) is 25.1. The summed E-state index contributed by atoms with van der Waals surface area (Å²) < 4.78 is 6.16. The number of halogens is 2. The van der Waals surface area contributed by atoms with Gasteiger partial charge in [-0.1, -0.05) is 11.6 Å². The van der Waals surface area contributed by atoms with Crippen LogP contribution in [0.3, 0.4) is 0 Å². The van der Waals surface area contributed by atoms with Gasteiger partial charge < -0.3 is 15.4 Å². The number of rotatable bonds is 4. The summed E-state index contributed by atoms with van der Waals surface area (Å²) in [6, 6.07) is 4.53. The van der Waals surface area contributed by atoms with E-state index in [9.17, 15) is 9.59 Å². The molecule has 1 aromatic rings. The van der Waals surface area contributed by atoms with E-state index in [-0.39, 0.29) is 12.5 Å². The number of piperidine rings is 1. The summed E-state index contributed by atoms with van der Waals surface area (Å²) in [7, 11) is 0. The topological polar surface area (TPSA) is 72.6 Å². The van der Waals surface area contributed by atoms with Gasteiger partial charge in [0.2, 0.25) is 5.91 Å². The molecule has 2 N–H and O–H groups in total. The molecule has 5 nitrogen and oxygen atoms in total. The average molecular weight is 376 g/mol. The minimum absolute atomic E-state index is 0.135. The number of likely N-dealkylation sites (tertiary alicyclic amines) is 1. The third kappa shape index (κ3) is 4.11. The van der Waals surface area contributed by atoms with Crippen LogP contribution in [0.4, 0.5) is 0 Å². The van der Waals surface area contributed by atoms with Crippen LogP contribution in [0.1, 0.15) is 19.3 Å². The number of primary amides is 1. The molecule has 0 aromatic heterocycles. The van der Waals surface area contributed by atoms with Crippen LogP contribution in [0.25, 0.3) is 0 Å². The Hall–Kier alpha value is -1.27. The number of nitrogens with zero attached hydrogens (tertiary/aromatic N) is 1. The highest BCUT2D eigenvalue weighted by molar-refractivity contribution is 9.10. The maximum Gasteiger partial charge on any atom is 0.261 e. The van der Waals surface area contributed by atoms with Gasteiger partial charge in [0.05, 0.1) is 4.47 Å². The third-order valence-electron chi connectivity index (χ3n) is 3.40. The Balaban J connectivity index is 1.98. The number of hydrogen-bond donors (Lipinski definition) is 1. The van der Waals surface area contributed by atoms with Gasteiger partial charge in [-0.05, 0) is 53.4 Å². The van der Waals surface area contributed by atoms with Crippen molar-refractivity contribution < 1.29 is 14.3 Å². The molecule has 1 heterocycles. The molecule has 114 valence electrons. The van der Waals surface area contributed by atoms with E-state index in [1.54, 1.807) is 18.2 Å². The highest BCUT2D eigenvalue weighted by Crippen LogP contribution is 2.28. The molecule has 0 aliphatic carbocycles. The lowest BCUT2D eigenvalue weighted by molar-refractivity contribution is -0.142. The summed E-state index contributed by atoms with van der Waals surface area (Å²) in [5.41, 5.74) is 5.35. The van der Waals surface area contributed by atoms with E-state index in [0.717, 1.165) is 12.8 Å². The maximum absolute atomic E-state index is 12.2. The Morgan fingerprint density at radius 2 is 2.19 bits per heavy atom. The van der Waals surface area contributed by atoms with Gasteiger partial charge in [-0.15, -0.1) is 0 Å². The molecular formula is C14H16BrClN2O3. The van der Waals surface area contributed by atoms with E-state index in [2.05, 4.69) is 15.9 Å². The number of ether oxygens (including phenoxy) is 1. The minimum atomic E-state index is -0.525. The molecule has 0 spiro atoms. The van der Waals surface area contributed by atoms with E-state index in [4.69, 9.17) is 22.1 Å². The van der Waals surface area contributed by atoms with E-state index in [1.807, 2.05) is 0 Å². The zero-order valence-corrected chi connectivity index (χ0v) is 13.7. The molecule has 1 aliphatic rings. The molecule has 1 saturated heterocycles. The van der Waals surface area contributed by atoms with Crippen molar-refractivity contribution in [2.75, 3.05) is 13.2 Å². The van der Waals surface area contributed by atoms with Crippen molar-refractivity contribution in [1.29, 1.82) is 0 Å². The zero-order chi connectivity index (χ0) is 15.4. The standard InChI is InChI=1S/C14H16BrClN2O3/c15-10-7-9(16)4-5-12(10)21-8-13(19)18-6-2-1-3-11(18)14(17)20/h4-5,7,11H,1-3,6,8H2,(H2,17,20). The van der Waals surface area contributed by atoms with Crippen LogP contribution in [0.5, 0.6) is 5.75 Å². The monoisotopic (exact) mass is 374 g/mol. The van der Waals surface area contributed by atoms with Crippen LogP contribution in [0, 0.1) is 0 Å². The normalized spacial score (nSPS) is 18.4. The predicted molar refractivity (Wildman–Crippen MR) is 83.2 cm³/mol. The summed E-state index contributed by atoms with van der Waals surface area (Å²) in [6.45, 7) is 0.404. The van der Waals surface area contributed by atoms with Crippen LogP contribution in [0.2, 0.25) is 5.02 Å². The molecule has 2 rings (SSSR count). The molecule has 1 unspecified atom stereocenters. The number of carbonyl (C=O) groups is 2. The van der Waals surface area contributed by atoms with Gasteiger partial charge in [-0.2, -0.15) is 0 Å². The molecule has 7 heteroatoms. The second-order valence-corrected chi connectivity index (χ2v) is 6.16. The molecule has 1 atom stereocenters. The van der Waals surface area contributed by atoms with Crippen molar-refractivity contribution in [3.63, 3.8) is 0 Å². The van der Waals surface area contributed by atoms with Crippen molar-refractivity contribution in [2.45, 2.75) is 25.3 Å². The fourth-order valence-electron chi connectivity index (χ4n) is 2.34. The number of carbonyl (C=O) groups excluding carboxylic acids is 2. The predicted octanol–water partition coefficient (Wildman–Crippen LogP) is 2.35. The van der Waals surface area contributed by atoms with E-state index < -0.39 is 11.9 Å². The lowest BCUT2D eigenvalue weighted by Crippen LogP contribution is -2.51. The highest BCUT2D eigenvalue weighted by atomic mass is 79.9. The largest absolute Gasteiger partial charge is 0.483 e. The third-order valence-corrected chi connectivity index (χ3v) is 4.25. The van der Waals surface area contributed by atoms with Crippen molar-refractivity contribution in [1.82, 2.24) is 4.90 Å². The van der Waals surface area contributed by atoms with Crippen molar-refractivity contribution >= 4 is 39.3 Å². The first-order valence-electron chi connectivity index (χ1n) is 6.65. The molecule has 0 radical (unpaired) electrons. The van der Waals surface area contributed by atoms with Crippen LogP contribution in [-0.4, -0.2) is 35.9 Å². The Morgan fingerprint density at radius 1 is 1.43 bits per heavy atom. The fourth-order valence-corrected chi connectivity index (χ4v) is 3.14. The molecule has 1 aliphatic heterocycles. The SMILES string of the molecule is NC(=O)C1CCCCN1C(=O)COc1ccc(Cl)cc1Br. The van der Waals surface area contributed by atoms with Crippen LogP contribution in [-0.2, 0) is 9.59 Å². The summed E-state index contributed by atoms with van der Waals surface area (Å²) in [6.07, 6.45) is 2.40. The van der Waals surface area contributed by atoms with Gasteiger partial charge in [-0.3, -0.25) is 9.59 Å². The highest BCUT2D eigenvalue weighted by Gasteiger charge is 2.30. The molecule has 1 aromatic carbocycles. The number of hydrogen-bond acceptors (Lipinski definition) is 3. The maximum atomic E-state index is 12.2. The summed E-state index contributed by atoms with van der Waals surface area (Å²) in [5, 5.41) is 0.574. The van der Waals surface area contributed by atoms with Crippen LogP contribution >= 0.6 is 27.5 Å². The van der Waals surface area contributed by atoms with Crippen molar-refractivity contribution in [3.05, 3.63) is 27.7 Å². The first-order chi connectivity index (χ1) is 9.99. The number of nitrogens with two attached hydrogens (primary N) is 1. The number of benzene rings is 1. The van der Waals surface area contributed by atoms with Crippen LogP contribution in [0.15, 0.2) is 22.7 Å². The zero-order valence-electron chi connectivity index (χ0n) is 11.4. The smallest absolute Gasteiger partial charge is 0.261 e. The van der Waals surface area contributed by atoms with Crippen LogP contribution < -0.4 is 10.5 Å². The van der Waals surface area contributed by atoms with E-state index in [1.165, 1.54) is 4.90 Å². The first-order valence-corrected chi connectivity index (χ1v) is 7.83. The van der Waals surface area contributed by atoms with E-state index in [0.29, 0.717) is 28.2 Å². The summed E-state index contributed by atoms with van der Waals surface area (Å²) in [5.74, 6) is -0.170. The molecule has 21 heavy (non-hydrogen) atoms. The average Bonchev–Trinajstić information content (AvgIpc) is 2.46. The quantitative estimate of drug-likeness (QED) is 0.878. The Kier molecular flexibility index (Phi) is 5.47. The minimum Gasteiger partial charge on any atom is -0.483 e. The van der Waals surface area contributed by atoms with Crippen molar-refractivity contribution in [3.8, 4) is 5.75 Å². The Labute approximate surface area is 136 Å². The van der Waals surface area contributed by atoms with Gasteiger partial charge in [0.25, 0.3) is 5.91 Å². The summed E-state index contributed by atoms with van der Waals surface area (Å²) >= 11 is 9.16. The fraction of sp³-hybridized carbons (Fsp3) is 0.429. The Bertz CT molecular complexity index is 553. The van der Waals surface area contributed by atoms with Gasteiger partial charge in [0, 0.05) is 11.6 Å². The van der Waals surface area contributed by atoms with Gasteiger partial charge in [0.15, 0.2) is 6.61 Å². The molecule has 2 amide bonds. The van der Waals surface area contributed by atoms with Crippen molar-refractivity contribution in [2.24, 2.45) is 5.73 Å².